The Morgan fingerprint density at radius 1 is 1.39 bits per heavy atom. The van der Waals surface area contributed by atoms with Gasteiger partial charge in [0.25, 0.3) is 0 Å². The van der Waals surface area contributed by atoms with Gasteiger partial charge in [-0.3, -0.25) is 4.79 Å². The van der Waals surface area contributed by atoms with Crippen molar-refractivity contribution >= 4 is 12.0 Å². The van der Waals surface area contributed by atoms with Crippen LogP contribution in [0.2, 0.25) is 0 Å². The first-order valence-corrected chi connectivity index (χ1v) is 6.23. The van der Waals surface area contributed by atoms with Crippen LogP contribution in [0.1, 0.15) is 31.4 Å². The van der Waals surface area contributed by atoms with Crippen LogP contribution in [-0.4, -0.2) is 23.7 Å². The molecule has 3 nitrogen and oxygen atoms in total. The molecule has 0 aliphatic carbocycles. The summed E-state index contributed by atoms with van der Waals surface area (Å²) in [6.07, 6.45) is 2.57. The van der Waals surface area contributed by atoms with Gasteiger partial charge in [-0.05, 0) is 31.9 Å². The number of rotatable bonds is 5. The van der Waals surface area contributed by atoms with Crippen LogP contribution in [0.5, 0.6) is 0 Å². The number of nitrogens with one attached hydrogen (secondary N) is 1. The molecule has 0 bridgehead atoms. The second-order valence-electron chi connectivity index (χ2n) is 4.50. The van der Waals surface area contributed by atoms with Crippen molar-refractivity contribution in [1.29, 1.82) is 0 Å². The number of carbonyl (C=O) groups is 1. The Kier molecular flexibility index (Phi) is 5.59. The summed E-state index contributed by atoms with van der Waals surface area (Å²) in [5.74, 6) is -0.128. The molecule has 18 heavy (non-hydrogen) atoms. The van der Waals surface area contributed by atoms with E-state index < -0.39 is 0 Å². The summed E-state index contributed by atoms with van der Waals surface area (Å²) in [7, 11) is 0. The Bertz CT molecular complexity index is 417. The molecule has 2 N–H and O–H groups in total. The SMILES string of the molecule is CCC(CO)NC(=O)/C(C)=C/c1ccc(C)cc1. The van der Waals surface area contributed by atoms with Gasteiger partial charge in [0.2, 0.25) is 5.91 Å². The average Bonchev–Trinajstić information content (AvgIpc) is 2.38. The molecule has 0 heterocycles. The van der Waals surface area contributed by atoms with Gasteiger partial charge in [0.15, 0.2) is 0 Å². The van der Waals surface area contributed by atoms with Crippen molar-refractivity contribution in [2.75, 3.05) is 6.61 Å². The predicted molar refractivity (Wildman–Crippen MR) is 74.1 cm³/mol. The Balaban J connectivity index is 2.71. The lowest BCUT2D eigenvalue weighted by atomic mass is 10.1. The molecule has 1 amide bonds. The van der Waals surface area contributed by atoms with Crippen LogP contribution in [0.4, 0.5) is 0 Å². The summed E-state index contributed by atoms with van der Waals surface area (Å²) in [5, 5.41) is 11.8. The fourth-order valence-electron chi connectivity index (χ4n) is 1.55. The van der Waals surface area contributed by atoms with Gasteiger partial charge in [-0.2, -0.15) is 0 Å². The summed E-state index contributed by atoms with van der Waals surface area (Å²) < 4.78 is 0. The quantitative estimate of drug-likeness (QED) is 0.784. The van der Waals surface area contributed by atoms with Gasteiger partial charge in [-0.15, -0.1) is 0 Å². The lowest BCUT2D eigenvalue weighted by Gasteiger charge is -2.14. The molecule has 3 heteroatoms. The van der Waals surface area contributed by atoms with E-state index in [1.807, 2.05) is 44.2 Å². The lowest BCUT2D eigenvalue weighted by Crippen LogP contribution is -2.37. The van der Waals surface area contributed by atoms with E-state index in [1.165, 1.54) is 5.56 Å². The van der Waals surface area contributed by atoms with E-state index >= 15 is 0 Å². The number of aliphatic hydroxyl groups excluding tert-OH is 1. The summed E-state index contributed by atoms with van der Waals surface area (Å²) in [5.41, 5.74) is 2.84. The fraction of sp³-hybridized carbons (Fsp3) is 0.400. The molecule has 1 aromatic carbocycles. The Morgan fingerprint density at radius 2 is 2.00 bits per heavy atom. The highest BCUT2D eigenvalue weighted by atomic mass is 16.3. The molecule has 1 unspecified atom stereocenters. The summed E-state index contributed by atoms with van der Waals surface area (Å²) in [4.78, 5) is 11.9. The first kappa shape index (κ1) is 14.5. The van der Waals surface area contributed by atoms with E-state index in [2.05, 4.69) is 5.32 Å². The molecular weight excluding hydrogens is 226 g/mol. The van der Waals surface area contributed by atoms with Crippen molar-refractivity contribution in [3.63, 3.8) is 0 Å². The molecule has 0 radical (unpaired) electrons. The topological polar surface area (TPSA) is 49.3 Å². The van der Waals surface area contributed by atoms with Gasteiger partial charge in [0.1, 0.15) is 0 Å². The van der Waals surface area contributed by atoms with Crippen LogP contribution in [-0.2, 0) is 4.79 Å². The molecule has 0 fully saturated rings. The molecule has 98 valence electrons. The van der Waals surface area contributed by atoms with Gasteiger partial charge in [-0.1, -0.05) is 36.8 Å². The van der Waals surface area contributed by atoms with E-state index in [-0.39, 0.29) is 18.6 Å². The largest absolute Gasteiger partial charge is 0.394 e. The number of hydrogen-bond donors (Lipinski definition) is 2. The maximum absolute atomic E-state index is 11.9. The zero-order valence-corrected chi connectivity index (χ0v) is 11.2. The number of amides is 1. The highest BCUT2D eigenvalue weighted by Gasteiger charge is 2.10. The van der Waals surface area contributed by atoms with E-state index in [9.17, 15) is 4.79 Å². The Hall–Kier alpha value is -1.61. The second-order valence-corrected chi connectivity index (χ2v) is 4.50. The number of aryl methyl sites for hydroxylation is 1. The normalized spacial score (nSPS) is 13.2. The predicted octanol–water partition coefficient (Wildman–Crippen LogP) is 2.29. The highest BCUT2D eigenvalue weighted by molar-refractivity contribution is 5.97. The van der Waals surface area contributed by atoms with Gasteiger partial charge in [0, 0.05) is 5.57 Å². The van der Waals surface area contributed by atoms with Crippen molar-refractivity contribution in [2.45, 2.75) is 33.2 Å². The van der Waals surface area contributed by atoms with Gasteiger partial charge in [-0.25, -0.2) is 0 Å². The summed E-state index contributed by atoms with van der Waals surface area (Å²) in [6.45, 7) is 5.71. The standard InChI is InChI=1S/C15H21NO2/c1-4-14(10-17)16-15(18)12(3)9-13-7-5-11(2)6-8-13/h5-9,14,17H,4,10H2,1-3H3,(H,16,18)/b12-9+. The van der Waals surface area contributed by atoms with Gasteiger partial charge < -0.3 is 10.4 Å². The Labute approximate surface area is 109 Å². The third-order valence-electron chi connectivity index (χ3n) is 2.87. The summed E-state index contributed by atoms with van der Waals surface area (Å²) >= 11 is 0. The van der Waals surface area contributed by atoms with Crippen molar-refractivity contribution < 1.29 is 9.90 Å². The average molecular weight is 247 g/mol. The zero-order valence-electron chi connectivity index (χ0n) is 11.2. The Morgan fingerprint density at radius 3 is 2.50 bits per heavy atom. The maximum atomic E-state index is 11.9. The fourth-order valence-corrected chi connectivity index (χ4v) is 1.55. The first-order chi connectivity index (χ1) is 8.56. The molecule has 0 spiro atoms. The number of hydrogen-bond acceptors (Lipinski definition) is 2. The van der Waals surface area contributed by atoms with Crippen LogP contribution in [0.15, 0.2) is 29.8 Å². The van der Waals surface area contributed by atoms with Crippen LogP contribution in [0.25, 0.3) is 6.08 Å². The smallest absolute Gasteiger partial charge is 0.247 e. The van der Waals surface area contributed by atoms with Gasteiger partial charge >= 0.3 is 0 Å². The summed E-state index contributed by atoms with van der Waals surface area (Å²) in [6, 6.07) is 7.82. The van der Waals surface area contributed by atoms with Crippen molar-refractivity contribution in [3.8, 4) is 0 Å². The molecule has 0 aliphatic rings. The minimum atomic E-state index is -0.168. The number of aliphatic hydroxyl groups is 1. The molecule has 0 aliphatic heterocycles. The van der Waals surface area contributed by atoms with Gasteiger partial charge in [0.05, 0.1) is 12.6 Å². The van der Waals surface area contributed by atoms with E-state index in [0.717, 1.165) is 12.0 Å². The van der Waals surface area contributed by atoms with Crippen LogP contribution in [0, 0.1) is 6.92 Å². The molecule has 1 aromatic rings. The zero-order chi connectivity index (χ0) is 13.5. The molecule has 0 aromatic heterocycles. The second kappa shape index (κ2) is 6.97. The van der Waals surface area contributed by atoms with Crippen molar-refractivity contribution in [3.05, 3.63) is 41.0 Å². The first-order valence-electron chi connectivity index (χ1n) is 6.23. The van der Waals surface area contributed by atoms with Crippen LogP contribution in [0.3, 0.4) is 0 Å². The van der Waals surface area contributed by atoms with E-state index in [0.29, 0.717) is 5.57 Å². The maximum Gasteiger partial charge on any atom is 0.247 e. The lowest BCUT2D eigenvalue weighted by molar-refractivity contribution is -0.118. The minimum absolute atomic E-state index is 0.0277. The third kappa shape index (κ3) is 4.34. The minimum Gasteiger partial charge on any atom is -0.394 e. The third-order valence-corrected chi connectivity index (χ3v) is 2.87. The van der Waals surface area contributed by atoms with E-state index in [4.69, 9.17) is 5.11 Å². The van der Waals surface area contributed by atoms with E-state index in [1.54, 1.807) is 6.92 Å². The molecular formula is C15H21NO2. The number of benzene rings is 1. The molecule has 1 rings (SSSR count). The molecule has 1 atom stereocenters. The van der Waals surface area contributed by atoms with Crippen LogP contribution >= 0.6 is 0 Å². The number of carbonyl (C=O) groups excluding carboxylic acids is 1. The van der Waals surface area contributed by atoms with Crippen LogP contribution < -0.4 is 5.32 Å². The highest BCUT2D eigenvalue weighted by Crippen LogP contribution is 2.08. The van der Waals surface area contributed by atoms with Crippen molar-refractivity contribution in [1.82, 2.24) is 5.32 Å². The monoisotopic (exact) mass is 247 g/mol. The molecule has 0 saturated carbocycles. The van der Waals surface area contributed by atoms with Crippen molar-refractivity contribution in [2.24, 2.45) is 0 Å². The molecule has 0 saturated heterocycles.